The van der Waals surface area contributed by atoms with E-state index in [9.17, 15) is 8.78 Å². The van der Waals surface area contributed by atoms with E-state index in [1.165, 1.54) is 6.07 Å². The second kappa shape index (κ2) is 4.73. The fourth-order valence-corrected chi connectivity index (χ4v) is 2.76. The lowest BCUT2D eigenvalue weighted by molar-refractivity contribution is 0.138. The van der Waals surface area contributed by atoms with Gasteiger partial charge in [0.25, 0.3) is 0 Å². The number of benzene rings is 1. The van der Waals surface area contributed by atoms with Gasteiger partial charge in [0.05, 0.1) is 0 Å². The third-order valence-corrected chi connectivity index (χ3v) is 3.50. The number of nitrogens with one attached hydrogen (secondary N) is 1. The fourth-order valence-electron chi connectivity index (χ4n) is 2.76. The normalized spacial score (nSPS) is 25.6. The van der Waals surface area contributed by atoms with Gasteiger partial charge in [0, 0.05) is 5.56 Å². The Balaban J connectivity index is 2.44. The van der Waals surface area contributed by atoms with Crippen LogP contribution >= 0.6 is 0 Å². The first kappa shape index (κ1) is 12.5. The third kappa shape index (κ3) is 2.49. The molecule has 0 radical (unpaired) electrons. The van der Waals surface area contributed by atoms with E-state index in [2.05, 4.69) is 5.32 Å². The van der Waals surface area contributed by atoms with E-state index in [-0.39, 0.29) is 5.56 Å². The van der Waals surface area contributed by atoms with Crippen LogP contribution in [0.2, 0.25) is 0 Å². The summed E-state index contributed by atoms with van der Waals surface area (Å²) < 4.78 is 29.0. The van der Waals surface area contributed by atoms with Crippen LogP contribution < -0.4 is 5.32 Å². The summed E-state index contributed by atoms with van der Waals surface area (Å²) in [5.74, 6) is -0.396. The molecule has 1 N–H and O–H groups in total. The predicted octanol–water partition coefficient (Wildman–Crippen LogP) is 3.38. The fraction of sp³-hybridized carbons (Fsp3) is 0.571. The molecule has 1 aliphatic heterocycles. The summed E-state index contributed by atoms with van der Waals surface area (Å²) in [6.45, 7) is 5.06. The zero-order valence-corrected chi connectivity index (χ0v) is 10.4. The first-order valence-corrected chi connectivity index (χ1v) is 6.20. The topological polar surface area (TPSA) is 12.0 Å². The van der Waals surface area contributed by atoms with Crippen molar-refractivity contribution in [2.24, 2.45) is 0 Å². The molecule has 1 aliphatic rings. The van der Waals surface area contributed by atoms with E-state index < -0.39 is 11.5 Å². The van der Waals surface area contributed by atoms with Crippen LogP contribution in [0.4, 0.5) is 8.78 Å². The highest BCUT2D eigenvalue weighted by molar-refractivity contribution is 5.36. The number of aryl methyl sites for hydroxylation is 2. The van der Waals surface area contributed by atoms with Crippen LogP contribution in [0.15, 0.2) is 12.1 Å². The van der Waals surface area contributed by atoms with E-state index in [1.54, 1.807) is 6.92 Å². The summed E-state index contributed by atoms with van der Waals surface area (Å²) in [7, 11) is 0. The molecule has 1 heterocycles. The first-order valence-electron chi connectivity index (χ1n) is 6.20. The Labute approximate surface area is 101 Å². The van der Waals surface area contributed by atoms with Gasteiger partial charge in [0.1, 0.15) is 11.5 Å². The molecule has 2 rings (SSSR count). The van der Waals surface area contributed by atoms with Crippen molar-refractivity contribution in [1.82, 2.24) is 5.32 Å². The Morgan fingerprint density at radius 3 is 2.65 bits per heavy atom. The highest BCUT2D eigenvalue weighted by Gasteiger charge is 2.36. The lowest BCUT2D eigenvalue weighted by Crippen LogP contribution is -2.25. The van der Waals surface area contributed by atoms with Crippen LogP contribution in [0.5, 0.6) is 0 Å². The van der Waals surface area contributed by atoms with Gasteiger partial charge >= 0.3 is 0 Å². The molecule has 17 heavy (non-hydrogen) atoms. The molecular formula is C14H19F2N. The van der Waals surface area contributed by atoms with Gasteiger partial charge in [-0.05, 0) is 63.4 Å². The Bertz CT molecular complexity index is 384. The van der Waals surface area contributed by atoms with Gasteiger partial charge in [0.15, 0.2) is 0 Å². The van der Waals surface area contributed by atoms with Crippen LogP contribution in [0.25, 0.3) is 0 Å². The first-order chi connectivity index (χ1) is 8.03. The summed E-state index contributed by atoms with van der Waals surface area (Å²) in [5, 5.41) is 3.16. The van der Waals surface area contributed by atoms with Crippen molar-refractivity contribution in [3.8, 4) is 0 Å². The number of hydrogen-bond donors (Lipinski definition) is 1. The van der Waals surface area contributed by atoms with E-state index >= 15 is 0 Å². The standard InChI is InChI=1S/C14H19F2N/c1-10-8-11(2)13(12(15)9-10)14(16)4-3-6-17-7-5-14/h8-9,17H,3-7H2,1-2H3. The maximum absolute atomic E-state index is 14.9. The van der Waals surface area contributed by atoms with Crippen molar-refractivity contribution in [2.75, 3.05) is 13.1 Å². The summed E-state index contributed by atoms with van der Waals surface area (Å²) in [6, 6.07) is 3.29. The average molecular weight is 239 g/mol. The van der Waals surface area contributed by atoms with Crippen molar-refractivity contribution >= 4 is 0 Å². The highest BCUT2D eigenvalue weighted by atomic mass is 19.1. The Morgan fingerprint density at radius 1 is 1.18 bits per heavy atom. The molecule has 1 unspecified atom stereocenters. The highest BCUT2D eigenvalue weighted by Crippen LogP contribution is 2.39. The molecule has 0 aromatic heterocycles. The molecule has 0 aliphatic carbocycles. The van der Waals surface area contributed by atoms with Gasteiger partial charge in [-0.25, -0.2) is 8.78 Å². The van der Waals surface area contributed by atoms with Gasteiger partial charge < -0.3 is 5.32 Å². The van der Waals surface area contributed by atoms with Crippen LogP contribution in [-0.4, -0.2) is 13.1 Å². The number of hydrogen-bond acceptors (Lipinski definition) is 1. The van der Waals surface area contributed by atoms with Crippen molar-refractivity contribution < 1.29 is 8.78 Å². The smallest absolute Gasteiger partial charge is 0.140 e. The summed E-state index contributed by atoms with van der Waals surface area (Å²) in [6.07, 6.45) is 1.51. The molecule has 0 bridgehead atoms. The predicted molar refractivity (Wildman–Crippen MR) is 65.4 cm³/mol. The van der Waals surface area contributed by atoms with Gasteiger partial charge in [-0.2, -0.15) is 0 Å². The molecule has 1 nitrogen and oxygen atoms in total. The maximum Gasteiger partial charge on any atom is 0.140 e. The van der Waals surface area contributed by atoms with Crippen molar-refractivity contribution in [3.05, 3.63) is 34.6 Å². The minimum absolute atomic E-state index is 0.270. The van der Waals surface area contributed by atoms with Crippen LogP contribution in [-0.2, 0) is 5.67 Å². The summed E-state index contributed by atoms with van der Waals surface area (Å²) in [5.41, 5.74) is 0.337. The van der Waals surface area contributed by atoms with Gasteiger partial charge in [0.2, 0.25) is 0 Å². The van der Waals surface area contributed by atoms with E-state index in [0.717, 1.165) is 24.1 Å². The molecule has 1 aromatic rings. The molecular weight excluding hydrogens is 220 g/mol. The lowest BCUT2D eigenvalue weighted by atomic mass is 9.85. The Kier molecular flexibility index (Phi) is 3.48. The molecule has 3 heteroatoms. The van der Waals surface area contributed by atoms with Crippen LogP contribution in [0.1, 0.15) is 36.0 Å². The molecule has 1 atom stereocenters. The molecule has 1 fully saturated rings. The zero-order valence-electron chi connectivity index (χ0n) is 10.4. The van der Waals surface area contributed by atoms with E-state index in [4.69, 9.17) is 0 Å². The zero-order chi connectivity index (χ0) is 12.5. The van der Waals surface area contributed by atoms with Crippen molar-refractivity contribution in [3.63, 3.8) is 0 Å². The minimum atomic E-state index is -1.51. The maximum atomic E-state index is 14.9. The van der Waals surface area contributed by atoms with Crippen LogP contribution in [0.3, 0.4) is 0 Å². The summed E-state index contributed by atoms with van der Waals surface area (Å²) in [4.78, 5) is 0. The monoisotopic (exact) mass is 239 g/mol. The Hall–Kier alpha value is -0.960. The minimum Gasteiger partial charge on any atom is -0.317 e. The third-order valence-electron chi connectivity index (χ3n) is 3.50. The molecule has 0 amide bonds. The number of rotatable bonds is 1. The molecule has 94 valence electrons. The summed E-state index contributed by atoms with van der Waals surface area (Å²) >= 11 is 0. The average Bonchev–Trinajstić information content (AvgIpc) is 2.41. The van der Waals surface area contributed by atoms with Crippen molar-refractivity contribution in [2.45, 2.75) is 38.8 Å². The molecule has 1 aromatic carbocycles. The second-order valence-corrected chi connectivity index (χ2v) is 5.01. The number of halogens is 2. The van der Waals surface area contributed by atoms with Crippen molar-refractivity contribution in [1.29, 1.82) is 0 Å². The van der Waals surface area contributed by atoms with E-state index in [1.807, 2.05) is 13.0 Å². The quantitative estimate of drug-likeness (QED) is 0.792. The molecule has 0 saturated carbocycles. The Morgan fingerprint density at radius 2 is 1.94 bits per heavy atom. The molecule has 0 spiro atoms. The second-order valence-electron chi connectivity index (χ2n) is 5.01. The van der Waals surface area contributed by atoms with Gasteiger partial charge in [-0.15, -0.1) is 0 Å². The van der Waals surface area contributed by atoms with Gasteiger partial charge in [-0.3, -0.25) is 0 Å². The largest absolute Gasteiger partial charge is 0.317 e. The SMILES string of the molecule is Cc1cc(C)c(C2(F)CCCNCC2)c(F)c1. The molecule has 1 saturated heterocycles. The van der Waals surface area contributed by atoms with Crippen LogP contribution in [0, 0.1) is 19.7 Å². The lowest BCUT2D eigenvalue weighted by Gasteiger charge is -2.26. The van der Waals surface area contributed by atoms with Gasteiger partial charge in [-0.1, -0.05) is 6.07 Å². The van der Waals surface area contributed by atoms with E-state index in [0.29, 0.717) is 19.4 Å². The number of alkyl halides is 1.